The van der Waals surface area contributed by atoms with Crippen LogP contribution in [0.5, 0.6) is 0 Å². The quantitative estimate of drug-likeness (QED) is 0.128. The Morgan fingerprint density at radius 2 is 1.00 bits per heavy atom. The Kier molecular flexibility index (Phi) is 14.6. The average molecular weight is 1110 g/mol. The van der Waals surface area contributed by atoms with Gasteiger partial charge in [0.2, 0.25) is 11.4 Å². The fraction of sp³-hybridized carbons (Fsp3) is 0.171. The van der Waals surface area contributed by atoms with Crippen LogP contribution in [0.25, 0.3) is 100 Å². The molecule has 0 N–H and O–H groups in total. The molecule has 418 valence electrons. The molecule has 6 heterocycles. The molecule has 14 rings (SSSR count). The summed E-state index contributed by atoms with van der Waals surface area (Å²) in [5.41, 5.74) is 26.0. The van der Waals surface area contributed by atoms with Crippen molar-refractivity contribution in [3.63, 3.8) is 0 Å². The molecule has 3 unspecified atom stereocenters. The van der Waals surface area contributed by atoms with Gasteiger partial charge >= 0.3 is 0 Å². The van der Waals surface area contributed by atoms with Crippen molar-refractivity contribution in [2.24, 2.45) is 11.8 Å². The summed E-state index contributed by atoms with van der Waals surface area (Å²) in [6.07, 6.45) is 40.1. The van der Waals surface area contributed by atoms with Crippen LogP contribution in [-0.4, -0.2) is 9.97 Å². The van der Waals surface area contributed by atoms with Gasteiger partial charge in [0.15, 0.2) is 24.5 Å². The lowest BCUT2D eigenvalue weighted by Gasteiger charge is -2.40. The Morgan fingerprint density at radius 1 is 0.442 bits per heavy atom. The van der Waals surface area contributed by atoms with Gasteiger partial charge in [-0.05, 0) is 211 Å². The first kappa shape index (κ1) is 54.3. The molecule has 0 bridgehead atoms. The second-order valence-corrected chi connectivity index (χ2v) is 24.4. The number of aromatic nitrogens is 4. The van der Waals surface area contributed by atoms with Crippen LogP contribution >= 0.6 is 0 Å². The van der Waals surface area contributed by atoms with Gasteiger partial charge in [0.1, 0.15) is 0 Å². The van der Waals surface area contributed by atoms with Gasteiger partial charge in [-0.1, -0.05) is 149 Å². The Hall–Kier alpha value is -9.64. The normalized spacial score (nSPS) is 18.2. The number of rotatable bonds is 10. The van der Waals surface area contributed by atoms with Crippen molar-refractivity contribution in [2.75, 3.05) is 0 Å². The molecule has 0 radical (unpaired) electrons. The summed E-state index contributed by atoms with van der Waals surface area (Å²) in [6.45, 7) is 10.2. The second-order valence-electron chi connectivity index (χ2n) is 24.4. The molecular weight excluding hydrogens is 1040 g/mol. The van der Waals surface area contributed by atoms with Crippen LogP contribution in [0.1, 0.15) is 82.1 Å². The number of hydrogen-bond acceptors (Lipinski definition) is 2. The molecule has 0 saturated heterocycles. The van der Waals surface area contributed by atoms with E-state index in [1.807, 2.05) is 36.9 Å². The molecule has 4 aromatic heterocycles. The van der Waals surface area contributed by atoms with Gasteiger partial charge in [-0.15, -0.1) is 0 Å². The zero-order valence-corrected chi connectivity index (χ0v) is 49.7. The van der Waals surface area contributed by atoms with Crippen LogP contribution in [-0.2, 0) is 17.5 Å². The van der Waals surface area contributed by atoms with Crippen molar-refractivity contribution in [2.45, 2.75) is 77.3 Å². The molecule has 10 aromatic rings. The van der Waals surface area contributed by atoms with E-state index in [0.29, 0.717) is 11.8 Å². The number of pyridine rings is 4. The van der Waals surface area contributed by atoms with Gasteiger partial charge in [-0.3, -0.25) is 9.97 Å². The first-order valence-electron chi connectivity index (χ1n) is 31.0. The molecule has 4 aliphatic rings. The Labute approximate surface area is 508 Å². The molecule has 4 nitrogen and oxygen atoms in total. The van der Waals surface area contributed by atoms with Crippen molar-refractivity contribution in [3.8, 4) is 89.3 Å². The summed E-state index contributed by atoms with van der Waals surface area (Å²) in [6, 6.07) is 69.3. The SMILES string of the molecule is CCC1(CC)CC2(C[n+]3ccccc3-c3ccccc32)c2ccc(-c3cccc(-c4cc(-c5cc(C6=CC=CC(C)CC=C6)cc(-c6cccnc6)c5)cc(-c5cc(C6=CC(C)CC=CC=C6)cc(-c6cccnc6)c5)c4)c3)cc2-c2cccc[n+]21. The number of allylic oxidation sites excluding steroid dienone is 12. The van der Waals surface area contributed by atoms with Crippen molar-refractivity contribution in [1.29, 1.82) is 0 Å². The minimum atomic E-state index is -0.294. The predicted molar refractivity (Wildman–Crippen MR) is 356 cm³/mol. The van der Waals surface area contributed by atoms with Crippen molar-refractivity contribution in [1.82, 2.24) is 9.97 Å². The highest BCUT2D eigenvalue weighted by Gasteiger charge is 2.56. The predicted octanol–water partition coefficient (Wildman–Crippen LogP) is 19.7. The van der Waals surface area contributed by atoms with Gasteiger partial charge in [0, 0.05) is 79.4 Å². The van der Waals surface area contributed by atoms with E-state index in [1.165, 1.54) is 61.5 Å². The summed E-state index contributed by atoms with van der Waals surface area (Å²) in [5, 5.41) is 0. The molecule has 3 atom stereocenters. The standard InChI is InChI=1S/C82H72N4/c1-5-81(6-2)55-82(56-85-39-14-12-33-79(85)75-31-10-11-32-77(75)82)78-36-35-63(52-76(78)80-34-13-15-40-86(80)81)61-27-18-28-62(42-61)68-47-73(71-44-66(59-25-16-22-57(3)23-17-26-59)43-69(49-71)64-29-19-37-83-53-64)51-74(48-68)72-46-67(60-24-9-7-8-21-58(4)41-60)45-70(50-72)65-30-20-38-84-54-65/h7-20,22,24-54,57-58H,5-6,21,23,55-56H2,1-4H3/q+2. The van der Waals surface area contributed by atoms with Gasteiger partial charge < -0.3 is 0 Å². The lowest BCUT2D eigenvalue weighted by atomic mass is 9.62. The molecule has 4 heteroatoms. The molecule has 6 aromatic carbocycles. The highest BCUT2D eigenvalue weighted by Crippen LogP contribution is 2.53. The van der Waals surface area contributed by atoms with Crippen LogP contribution < -0.4 is 9.13 Å². The van der Waals surface area contributed by atoms with Crippen LogP contribution in [0.2, 0.25) is 0 Å². The lowest BCUT2D eigenvalue weighted by Crippen LogP contribution is -2.60. The van der Waals surface area contributed by atoms with Gasteiger partial charge in [0.25, 0.3) is 0 Å². The fourth-order valence-corrected chi connectivity index (χ4v) is 14.3. The first-order chi connectivity index (χ1) is 42.2. The zero-order chi connectivity index (χ0) is 58.2. The molecule has 0 fully saturated rings. The van der Waals surface area contributed by atoms with E-state index < -0.39 is 0 Å². The zero-order valence-electron chi connectivity index (χ0n) is 49.7. The minimum absolute atomic E-state index is 0.119. The molecule has 2 aliphatic heterocycles. The third-order valence-corrected chi connectivity index (χ3v) is 18.9. The maximum atomic E-state index is 4.62. The third-order valence-electron chi connectivity index (χ3n) is 18.9. The second kappa shape index (κ2) is 23.1. The Balaban J connectivity index is 0.972. The van der Waals surface area contributed by atoms with Crippen LogP contribution in [0.15, 0.2) is 280 Å². The molecule has 2 aliphatic carbocycles. The van der Waals surface area contributed by atoms with E-state index >= 15 is 0 Å². The highest BCUT2D eigenvalue weighted by molar-refractivity contribution is 5.90. The van der Waals surface area contributed by atoms with Gasteiger partial charge in [0.05, 0.1) is 16.5 Å². The van der Waals surface area contributed by atoms with Crippen molar-refractivity contribution < 1.29 is 9.13 Å². The summed E-state index contributed by atoms with van der Waals surface area (Å²) in [7, 11) is 0. The van der Waals surface area contributed by atoms with Gasteiger partial charge in [-0.25, -0.2) is 0 Å². The monoisotopic (exact) mass is 1110 g/mol. The summed E-state index contributed by atoms with van der Waals surface area (Å²) >= 11 is 0. The van der Waals surface area contributed by atoms with E-state index in [0.717, 1.165) is 99.8 Å². The smallest absolute Gasteiger partial charge is 0.213 e. The maximum absolute atomic E-state index is 4.62. The minimum Gasteiger partial charge on any atom is -0.264 e. The molecule has 0 amide bonds. The largest absolute Gasteiger partial charge is 0.264 e. The van der Waals surface area contributed by atoms with Crippen molar-refractivity contribution in [3.05, 3.63) is 302 Å². The van der Waals surface area contributed by atoms with E-state index in [9.17, 15) is 0 Å². The molecule has 1 spiro atoms. The highest BCUT2D eigenvalue weighted by atomic mass is 15.1. The first-order valence-corrected chi connectivity index (χ1v) is 31.0. The van der Waals surface area contributed by atoms with E-state index in [-0.39, 0.29) is 11.0 Å². The van der Waals surface area contributed by atoms with E-state index in [1.54, 1.807) is 0 Å². The Morgan fingerprint density at radius 3 is 1.69 bits per heavy atom. The number of nitrogens with zero attached hydrogens (tertiary/aromatic N) is 4. The third kappa shape index (κ3) is 10.3. The molecular formula is C82H72N4+2. The number of benzene rings is 6. The fourth-order valence-electron chi connectivity index (χ4n) is 14.3. The van der Waals surface area contributed by atoms with E-state index in [4.69, 9.17) is 0 Å². The van der Waals surface area contributed by atoms with Crippen LogP contribution in [0, 0.1) is 11.8 Å². The van der Waals surface area contributed by atoms with Crippen LogP contribution in [0.4, 0.5) is 0 Å². The number of hydrogen-bond donors (Lipinski definition) is 0. The summed E-state index contributed by atoms with van der Waals surface area (Å²) < 4.78 is 5.16. The Bertz CT molecular complexity index is 4420. The van der Waals surface area contributed by atoms with Crippen LogP contribution in [0.3, 0.4) is 0 Å². The van der Waals surface area contributed by atoms with Gasteiger partial charge in [-0.2, -0.15) is 9.13 Å². The molecule has 86 heavy (non-hydrogen) atoms. The maximum Gasteiger partial charge on any atom is 0.213 e. The summed E-state index contributed by atoms with van der Waals surface area (Å²) in [5.74, 6) is 0.870. The number of fused-ring (bicyclic) bond motifs is 8. The lowest BCUT2D eigenvalue weighted by molar-refractivity contribution is -0.760. The van der Waals surface area contributed by atoms with Crippen molar-refractivity contribution >= 4 is 11.1 Å². The average Bonchev–Trinajstić information content (AvgIpc) is 1.42. The summed E-state index contributed by atoms with van der Waals surface area (Å²) in [4.78, 5) is 9.23. The topological polar surface area (TPSA) is 33.5 Å². The molecule has 0 saturated carbocycles. The van der Waals surface area contributed by atoms with E-state index in [2.05, 4.69) is 290 Å².